The first-order valence-electron chi connectivity index (χ1n) is 13.3. The molecule has 1 aliphatic carbocycles. The summed E-state index contributed by atoms with van der Waals surface area (Å²) in [6, 6.07) is 7.62. The number of aromatic nitrogens is 1. The molecule has 41 heavy (non-hydrogen) atoms. The number of anilines is 2. The third-order valence-corrected chi connectivity index (χ3v) is 6.81. The van der Waals surface area contributed by atoms with E-state index >= 15 is 0 Å². The van der Waals surface area contributed by atoms with Crippen LogP contribution >= 0.6 is 11.6 Å². The molecule has 1 N–H and O–H groups in total. The first-order chi connectivity index (χ1) is 19.4. The standard InChI is InChI=1S/C29H33ClN4O7/c1-29(2,3)41-28(38)33(4)34(26(36)17-9-7-6-8-10-17)23-20(27(37)39-5)13-11-18-15-21(40-24(18)23)25(35)32-22-14-12-19(30)16-31-22/h11-17H,6-10H2,1-5H3,(H,31,32,35). The molecule has 12 heteroatoms. The van der Waals surface area contributed by atoms with Crippen LogP contribution in [0.2, 0.25) is 5.02 Å². The average Bonchev–Trinajstić information content (AvgIpc) is 3.38. The number of halogens is 1. The number of esters is 1. The number of rotatable bonds is 5. The van der Waals surface area contributed by atoms with Gasteiger partial charge in [0, 0.05) is 24.5 Å². The Morgan fingerprint density at radius 2 is 1.78 bits per heavy atom. The van der Waals surface area contributed by atoms with E-state index in [9.17, 15) is 19.2 Å². The number of ether oxygens (including phenoxy) is 2. The first kappa shape index (κ1) is 29.9. The van der Waals surface area contributed by atoms with Crippen LogP contribution < -0.4 is 10.3 Å². The Labute approximate surface area is 242 Å². The first-order valence-corrected chi connectivity index (χ1v) is 13.7. The van der Waals surface area contributed by atoms with Gasteiger partial charge >= 0.3 is 12.1 Å². The van der Waals surface area contributed by atoms with Crippen LogP contribution in [0.4, 0.5) is 16.3 Å². The summed E-state index contributed by atoms with van der Waals surface area (Å²) in [4.78, 5) is 57.5. The normalized spacial score (nSPS) is 13.9. The van der Waals surface area contributed by atoms with E-state index in [1.54, 1.807) is 32.9 Å². The van der Waals surface area contributed by atoms with Gasteiger partial charge in [0.2, 0.25) is 5.91 Å². The van der Waals surface area contributed by atoms with E-state index in [0.29, 0.717) is 23.3 Å². The Morgan fingerprint density at radius 3 is 2.39 bits per heavy atom. The Morgan fingerprint density at radius 1 is 1.07 bits per heavy atom. The fourth-order valence-electron chi connectivity index (χ4n) is 4.65. The van der Waals surface area contributed by atoms with Gasteiger partial charge in [0.15, 0.2) is 11.3 Å². The van der Waals surface area contributed by atoms with Crippen LogP contribution in [0.3, 0.4) is 0 Å². The molecule has 11 nitrogen and oxygen atoms in total. The van der Waals surface area contributed by atoms with Gasteiger partial charge in [0.25, 0.3) is 5.91 Å². The van der Waals surface area contributed by atoms with Gasteiger partial charge in [0.05, 0.1) is 17.7 Å². The SMILES string of the molecule is COC(=O)c1ccc2cc(C(=O)Nc3ccc(Cl)cn3)oc2c1N(C(=O)C1CCCCC1)N(C)C(=O)OC(C)(C)C. The van der Waals surface area contributed by atoms with Crippen molar-refractivity contribution >= 4 is 58.0 Å². The van der Waals surface area contributed by atoms with Gasteiger partial charge < -0.3 is 19.2 Å². The number of hydrogen-bond donors (Lipinski definition) is 1. The number of hydrogen-bond acceptors (Lipinski definition) is 8. The second-order valence-electron chi connectivity index (χ2n) is 10.8. The van der Waals surface area contributed by atoms with Crippen molar-refractivity contribution in [2.45, 2.75) is 58.5 Å². The summed E-state index contributed by atoms with van der Waals surface area (Å²) in [5.74, 6) is -2.04. The molecular formula is C29H33ClN4O7. The molecule has 0 radical (unpaired) electrons. The van der Waals surface area contributed by atoms with E-state index in [-0.39, 0.29) is 28.4 Å². The maximum atomic E-state index is 14.1. The van der Waals surface area contributed by atoms with Gasteiger partial charge in [-0.3, -0.25) is 9.59 Å². The van der Waals surface area contributed by atoms with Crippen molar-refractivity contribution < 1.29 is 33.1 Å². The molecule has 218 valence electrons. The van der Waals surface area contributed by atoms with Gasteiger partial charge in [-0.1, -0.05) is 36.9 Å². The van der Waals surface area contributed by atoms with Crippen molar-refractivity contribution in [1.29, 1.82) is 0 Å². The minimum Gasteiger partial charge on any atom is -0.465 e. The maximum absolute atomic E-state index is 14.1. The van der Waals surface area contributed by atoms with Crippen molar-refractivity contribution in [3.8, 4) is 0 Å². The molecular weight excluding hydrogens is 552 g/mol. The number of hydrazine groups is 1. The third-order valence-electron chi connectivity index (χ3n) is 6.59. The van der Waals surface area contributed by atoms with E-state index in [0.717, 1.165) is 29.3 Å². The van der Waals surface area contributed by atoms with Crippen molar-refractivity contribution in [2.24, 2.45) is 5.92 Å². The van der Waals surface area contributed by atoms with Crippen molar-refractivity contribution in [2.75, 3.05) is 24.5 Å². The molecule has 2 heterocycles. The maximum Gasteiger partial charge on any atom is 0.429 e. The smallest absolute Gasteiger partial charge is 0.429 e. The second-order valence-corrected chi connectivity index (χ2v) is 11.2. The molecule has 1 aromatic carbocycles. The van der Waals surface area contributed by atoms with Crippen LogP contribution in [-0.4, -0.2) is 53.6 Å². The van der Waals surface area contributed by atoms with E-state index < -0.39 is 35.4 Å². The van der Waals surface area contributed by atoms with Gasteiger partial charge in [0.1, 0.15) is 17.1 Å². The summed E-state index contributed by atoms with van der Waals surface area (Å²) in [6.07, 6.45) is 4.55. The summed E-state index contributed by atoms with van der Waals surface area (Å²) in [6.45, 7) is 5.12. The van der Waals surface area contributed by atoms with Crippen molar-refractivity contribution in [1.82, 2.24) is 9.99 Å². The number of methoxy groups -OCH3 is 1. The fraction of sp³-hybridized carbons (Fsp3) is 0.414. The number of carbonyl (C=O) groups is 4. The molecule has 0 spiro atoms. The van der Waals surface area contributed by atoms with Crippen LogP contribution in [0.15, 0.2) is 40.9 Å². The number of carbonyl (C=O) groups excluding carboxylic acids is 4. The zero-order valence-electron chi connectivity index (χ0n) is 23.7. The molecule has 1 fully saturated rings. The molecule has 0 bridgehead atoms. The summed E-state index contributed by atoms with van der Waals surface area (Å²) in [5.41, 5.74) is -0.864. The lowest BCUT2D eigenvalue weighted by Gasteiger charge is -2.36. The molecule has 3 amide bonds. The molecule has 3 aromatic rings. The Kier molecular flexibility index (Phi) is 8.86. The van der Waals surface area contributed by atoms with E-state index in [1.165, 1.54) is 38.6 Å². The summed E-state index contributed by atoms with van der Waals surface area (Å²) < 4.78 is 16.6. The second kappa shape index (κ2) is 12.2. The zero-order valence-corrected chi connectivity index (χ0v) is 24.4. The number of furan rings is 1. The molecule has 0 unspecified atom stereocenters. The number of nitrogens with one attached hydrogen (secondary N) is 1. The highest BCUT2D eigenvalue weighted by Gasteiger charge is 2.38. The van der Waals surface area contributed by atoms with Crippen LogP contribution in [0.1, 0.15) is 73.8 Å². The number of nitrogens with zero attached hydrogens (tertiary/aromatic N) is 3. The largest absolute Gasteiger partial charge is 0.465 e. The molecule has 0 atom stereocenters. The van der Waals surface area contributed by atoms with E-state index in [1.807, 2.05) is 0 Å². The number of benzene rings is 1. The predicted octanol–water partition coefficient (Wildman–Crippen LogP) is 6.22. The van der Waals surface area contributed by atoms with E-state index in [2.05, 4.69) is 10.3 Å². The van der Waals surface area contributed by atoms with Crippen molar-refractivity contribution in [3.05, 3.63) is 52.9 Å². The molecule has 4 rings (SSSR count). The Bertz CT molecular complexity index is 1460. The molecule has 1 aliphatic rings. The number of amides is 3. The van der Waals surface area contributed by atoms with Crippen molar-refractivity contribution in [3.63, 3.8) is 0 Å². The molecule has 2 aromatic heterocycles. The molecule has 1 saturated carbocycles. The van der Waals surface area contributed by atoms with Gasteiger partial charge in [-0.25, -0.2) is 24.6 Å². The van der Waals surface area contributed by atoms with E-state index in [4.69, 9.17) is 25.5 Å². The lowest BCUT2D eigenvalue weighted by Crippen LogP contribution is -2.52. The minimum absolute atomic E-state index is 0.0260. The average molecular weight is 585 g/mol. The Balaban J connectivity index is 1.85. The highest BCUT2D eigenvalue weighted by molar-refractivity contribution is 6.30. The van der Waals surface area contributed by atoms with Gasteiger partial charge in [-0.2, -0.15) is 0 Å². The van der Waals surface area contributed by atoms with Crippen LogP contribution in [0, 0.1) is 5.92 Å². The quantitative estimate of drug-likeness (QED) is 0.276. The Hall–Kier alpha value is -4.12. The number of fused-ring (bicyclic) bond motifs is 1. The number of pyridine rings is 1. The fourth-order valence-corrected chi connectivity index (χ4v) is 4.76. The lowest BCUT2D eigenvalue weighted by atomic mass is 9.88. The van der Waals surface area contributed by atoms with Gasteiger partial charge in [-0.15, -0.1) is 0 Å². The lowest BCUT2D eigenvalue weighted by molar-refractivity contribution is -0.126. The molecule has 0 saturated heterocycles. The summed E-state index contributed by atoms with van der Waals surface area (Å²) in [7, 11) is 2.60. The third kappa shape index (κ3) is 6.79. The highest BCUT2D eigenvalue weighted by Crippen LogP contribution is 2.37. The zero-order chi connectivity index (χ0) is 29.9. The highest BCUT2D eigenvalue weighted by atomic mass is 35.5. The topological polar surface area (TPSA) is 131 Å². The van der Waals surface area contributed by atoms with Crippen LogP contribution in [-0.2, 0) is 14.3 Å². The van der Waals surface area contributed by atoms with Gasteiger partial charge in [-0.05, 0) is 57.9 Å². The summed E-state index contributed by atoms with van der Waals surface area (Å²) in [5, 5.41) is 5.60. The van der Waals surface area contributed by atoms with Crippen LogP contribution in [0.25, 0.3) is 11.0 Å². The van der Waals surface area contributed by atoms with Crippen LogP contribution in [0.5, 0.6) is 0 Å². The minimum atomic E-state index is -0.853. The summed E-state index contributed by atoms with van der Waals surface area (Å²) >= 11 is 5.88. The molecule has 0 aliphatic heterocycles. The monoisotopic (exact) mass is 584 g/mol. The predicted molar refractivity (Wildman–Crippen MR) is 153 cm³/mol.